The molecule has 0 aliphatic rings. The standard InChI is InChI=1S/C26H25N3O4S/c1-15(2)33-26(32)18-7-9-20(10-8-18)28-22(30)12-29-14-27-24-23(25(29)31)21(13-34-24)19-6-5-16(3)17(4)11-19/h5-11,13-15H,12H2,1-4H3,(H,28,30). The molecule has 0 radical (unpaired) electrons. The maximum absolute atomic E-state index is 13.2. The average Bonchev–Trinajstić information content (AvgIpc) is 3.22. The van der Waals surface area contributed by atoms with Crippen molar-refractivity contribution in [2.75, 3.05) is 5.32 Å². The number of anilines is 1. The minimum atomic E-state index is -0.422. The zero-order valence-electron chi connectivity index (χ0n) is 19.4. The van der Waals surface area contributed by atoms with Gasteiger partial charge in [-0.05, 0) is 68.7 Å². The van der Waals surface area contributed by atoms with Crippen molar-refractivity contribution in [3.63, 3.8) is 0 Å². The molecule has 4 rings (SSSR count). The lowest BCUT2D eigenvalue weighted by Gasteiger charge is -2.10. The summed E-state index contributed by atoms with van der Waals surface area (Å²) in [7, 11) is 0. The van der Waals surface area contributed by atoms with Gasteiger partial charge in [0.25, 0.3) is 5.56 Å². The van der Waals surface area contributed by atoms with Gasteiger partial charge in [-0.1, -0.05) is 18.2 Å². The van der Waals surface area contributed by atoms with Crippen molar-refractivity contribution >= 4 is 39.1 Å². The Labute approximate surface area is 201 Å². The smallest absolute Gasteiger partial charge is 0.338 e. The second-order valence-corrected chi connectivity index (χ2v) is 9.24. The van der Waals surface area contributed by atoms with Crippen LogP contribution in [0.25, 0.3) is 21.3 Å². The first kappa shape index (κ1) is 23.4. The van der Waals surface area contributed by atoms with Gasteiger partial charge in [-0.15, -0.1) is 11.3 Å². The number of carbonyl (C=O) groups excluding carboxylic acids is 2. The van der Waals surface area contributed by atoms with E-state index < -0.39 is 5.97 Å². The van der Waals surface area contributed by atoms with Crippen LogP contribution in [0.15, 0.2) is 59.0 Å². The van der Waals surface area contributed by atoms with E-state index in [9.17, 15) is 14.4 Å². The van der Waals surface area contributed by atoms with Gasteiger partial charge in [0, 0.05) is 16.6 Å². The average molecular weight is 476 g/mol. The number of hydrogen-bond acceptors (Lipinski definition) is 6. The Bertz CT molecular complexity index is 1430. The summed E-state index contributed by atoms with van der Waals surface area (Å²) < 4.78 is 6.47. The lowest BCUT2D eigenvalue weighted by molar-refractivity contribution is -0.116. The van der Waals surface area contributed by atoms with Crippen LogP contribution >= 0.6 is 11.3 Å². The summed E-state index contributed by atoms with van der Waals surface area (Å²) in [5.41, 5.74) is 4.74. The molecule has 1 N–H and O–H groups in total. The highest BCUT2D eigenvalue weighted by atomic mass is 32.1. The first-order valence-corrected chi connectivity index (χ1v) is 11.8. The lowest BCUT2D eigenvalue weighted by Crippen LogP contribution is -2.27. The van der Waals surface area contributed by atoms with E-state index >= 15 is 0 Å². The third kappa shape index (κ3) is 4.92. The van der Waals surface area contributed by atoms with E-state index in [1.807, 2.05) is 31.4 Å². The molecular weight excluding hydrogens is 450 g/mol. The number of aromatic nitrogens is 2. The molecule has 7 nitrogen and oxygen atoms in total. The molecule has 8 heteroatoms. The topological polar surface area (TPSA) is 90.3 Å². The zero-order chi connectivity index (χ0) is 24.4. The second-order valence-electron chi connectivity index (χ2n) is 8.39. The van der Waals surface area contributed by atoms with Crippen LogP contribution in [0.2, 0.25) is 0 Å². The van der Waals surface area contributed by atoms with Gasteiger partial charge < -0.3 is 10.1 Å². The Morgan fingerprint density at radius 3 is 2.50 bits per heavy atom. The quantitative estimate of drug-likeness (QED) is 0.399. The highest BCUT2D eigenvalue weighted by Crippen LogP contribution is 2.31. The molecule has 174 valence electrons. The van der Waals surface area contributed by atoms with Crippen LogP contribution in [0.4, 0.5) is 5.69 Å². The molecule has 0 aliphatic carbocycles. The van der Waals surface area contributed by atoms with Gasteiger partial charge in [-0.2, -0.15) is 0 Å². The Kier molecular flexibility index (Phi) is 6.61. The van der Waals surface area contributed by atoms with Crippen LogP contribution in [0, 0.1) is 13.8 Å². The van der Waals surface area contributed by atoms with Crippen molar-refractivity contribution in [3.05, 3.63) is 81.2 Å². The zero-order valence-corrected chi connectivity index (χ0v) is 20.2. The third-order valence-electron chi connectivity index (χ3n) is 5.44. The molecule has 2 aromatic heterocycles. The molecule has 4 aromatic rings. The highest BCUT2D eigenvalue weighted by Gasteiger charge is 2.16. The van der Waals surface area contributed by atoms with Gasteiger partial charge in [0.05, 0.1) is 23.4 Å². The molecule has 34 heavy (non-hydrogen) atoms. The van der Waals surface area contributed by atoms with E-state index in [1.165, 1.54) is 27.8 Å². The monoisotopic (exact) mass is 475 g/mol. The minimum Gasteiger partial charge on any atom is -0.459 e. The van der Waals surface area contributed by atoms with Gasteiger partial charge in [0.15, 0.2) is 0 Å². The van der Waals surface area contributed by atoms with Crippen LogP contribution in [-0.2, 0) is 16.1 Å². The van der Waals surface area contributed by atoms with E-state index in [2.05, 4.69) is 16.4 Å². The van der Waals surface area contributed by atoms with Gasteiger partial charge in [-0.25, -0.2) is 9.78 Å². The number of rotatable bonds is 6. The molecule has 1 amide bonds. The maximum Gasteiger partial charge on any atom is 0.338 e. The summed E-state index contributed by atoms with van der Waals surface area (Å²) in [6, 6.07) is 12.5. The summed E-state index contributed by atoms with van der Waals surface area (Å²) in [6.07, 6.45) is 1.19. The van der Waals surface area contributed by atoms with E-state index in [0.717, 1.165) is 16.7 Å². The summed E-state index contributed by atoms with van der Waals surface area (Å²) in [6.45, 7) is 7.46. The molecule has 2 aromatic carbocycles. The number of nitrogens with one attached hydrogen (secondary N) is 1. The van der Waals surface area contributed by atoms with Gasteiger partial charge in [0.2, 0.25) is 5.91 Å². The fourth-order valence-electron chi connectivity index (χ4n) is 3.53. The summed E-state index contributed by atoms with van der Waals surface area (Å²) in [5, 5.41) is 5.19. The van der Waals surface area contributed by atoms with Crippen molar-refractivity contribution in [2.24, 2.45) is 0 Å². The van der Waals surface area contributed by atoms with Crippen LogP contribution in [0.1, 0.15) is 35.3 Å². The van der Waals surface area contributed by atoms with E-state index in [4.69, 9.17) is 4.74 Å². The minimum absolute atomic E-state index is 0.179. The number of fused-ring (bicyclic) bond motifs is 1. The van der Waals surface area contributed by atoms with Crippen LogP contribution in [0.3, 0.4) is 0 Å². The molecule has 0 aliphatic heterocycles. The van der Waals surface area contributed by atoms with E-state index in [-0.39, 0.29) is 24.1 Å². The molecule has 0 atom stereocenters. The fourth-order valence-corrected chi connectivity index (χ4v) is 4.44. The van der Waals surface area contributed by atoms with Crippen molar-refractivity contribution in [1.29, 1.82) is 0 Å². The first-order valence-electron chi connectivity index (χ1n) is 10.9. The summed E-state index contributed by atoms with van der Waals surface area (Å²) >= 11 is 1.41. The Morgan fingerprint density at radius 1 is 1.09 bits per heavy atom. The predicted molar refractivity (Wildman–Crippen MR) is 134 cm³/mol. The van der Waals surface area contributed by atoms with Crippen LogP contribution in [0.5, 0.6) is 0 Å². The fraction of sp³-hybridized carbons (Fsp3) is 0.231. The molecule has 0 saturated carbocycles. The molecule has 0 spiro atoms. The van der Waals surface area contributed by atoms with Gasteiger partial charge in [-0.3, -0.25) is 14.2 Å². The largest absolute Gasteiger partial charge is 0.459 e. The summed E-state index contributed by atoms with van der Waals surface area (Å²) in [5.74, 6) is -0.794. The number of hydrogen-bond donors (Lipinski definition) is 1. The van der Waals surface area contributed by atoms with Gasteiger partial charge in [0.1, 0.15) is 11.4 Å². The number of ether oxygens (including phenoxy) is 1. The number of aryl methyl sites for hydroxylation is 2. The predicted octanol–water partition coefficient (Wildman–Crippen LogP) is 4.95. The molecule has 2 heterocycles. The van der Waals surface area contributed by atoms with Crippen LogP contribution < -0.4 is 10.9 Å². The lowest BCUT2D eigenvalue weighted by atomic mass is 10.0. The Hall–Kier alpha value is -3.78. The molecule has 0 unspecified atom stereocenters. The van der Waals surface area contributed by atoms with E-state index in [0.29, 0.717) is 21.5 Å². The second kappa shape index (κ2) is 9.61. The summed E-state index contributed by atoms with van der Waals surface area (Å²) in [4.78, 5) is 42.8. The number of carbonyl (C=O) groups is 2. The van der Waals surface area contributed by atoms with Crippen molar-refractivity contribution in [3.8, 4) is 11.1 Å². The maximum atomic E-state index is 13.2. The molecule has 0 fully saturated rings. The third-order valence-corrected chi connectivity index (χ3v) is 6.33. The first-order chi connectivity index (χ1) is 16.2. The normalized spacial score (nSPS) is 11.1. The van der Waals surface area contributed by atoms with Crippen molar-refractivity contribution < 1.29 is 14.3 Å². The molecule has 0 saturated heterocycles. The van der Waals surface area contributed by atoms with Crippen molar-refractivity contribution in [1.82, 2.24) is 9.55 Å². The Morgan fingerprint density at radius 2 is 1.82 bits per heavy atom. The number of nitrogens with zero attached hydrogens (tertiary/aromatic N) is 2. The Balaban J connectivity index is 1.54. The SMILES string of the molecule is Cc1ccc(-c2csc3ncn(CC(=O)Nc4ccc(C(=O)OC(C)C)cc4)c(=O)c23)cc1C. The number of thiophene rings is 1. The molecule has 0 bridgehead atoms. The van der Waals surface area contributed by atoms with Crippen molar-refractivity contribution in [2.45, 2.75) is 40.3 Å². The van der Waals surface area contributed by atoms with Gasteiger partial charge >= 0.3 is 5.97 Å². The van der Waals surface area contributed by atoms with E-state index in [1.54, 1.807) is 38.1 Å². The van der Waals surface area contributed by atoms with Crippen LogP contribution in [-0.4, -0.2) is 27.5 Å². The number of amides is 1. The highest BCUT2D eigenvalue weighted by molar-refractivity contribution is 7.17. The molecular formula is C26H25N3O4S. The number of esters is 1. The number of benzene rings is 2.